The highest BCUT2D eigenvalue weighted by molar-refractivity contribution is 7.89. The molecule has 0 amide bonds. The van der Waals surface area contributed by atoms with E-state index >= 15 is 0 Å². The Labute approximate surface area is 137 Å². The third kappa shape index (κ3) is 3.62. The van der Waals surface area contributed by atoms with Crippen LogP contribution in [0.2, 0.25) is 0 Å². The minimum absolute atomic E-state index is 0.232. The fourth-order valence-corrected chi connectivity index (χ4v) is 3.57. The number of aryl methyl sites for hydroxylation is 1. The minimum atomic E-state index is -3.60. The van der Waals surface area contributed by atoms with Gasteiger partial charge in [-0.25, -0.2) is 4.83 Å². The third-order valence-electron chi connectivity index (χ3n) is 4.23. The normalized spacial score (nSPS) is 21.0. The molecule has 0 bridgehead atoms. The zero-order valence-electron chi connectivity index (χ0n) is 13.2. The van der Waals surface area contributed by atoms with E-state index in [1.54, 1.807) is 24.3 Å². The van der Waals surface area contributed by atoms with Crippen molar-refractivity contribution in [1.29, 1.82) is 0 Å². The van der Waals surface area contributed by atoms with Gasteiger partial charge in [0.2, 0.25) is 0 Å². The molecule has 1 fully saturated rings. The molecule has 5 heteroatoms. The molecule has 4 nitrogen and oxygen atoms in total. The second-order valence-electron chi connectivity index (χ2n) is 6.02. The summed E-state index contributed by atoms with van der Waals surface area (Å²) in [7, 11) is -3.60. The Morgan fingerprint density at radius 1 is 1.09 bits per heavy atom. The molecule has 1 saturated carbocycles. The number of hydrogen-bond donors (Lipinski definition) is 1. The van der Waals surface area contributed by atoms with Gasteiger partial charge in [-0.15, -0.1) is 0 Å². The molecule has 0 unspecified atom stereocenters. The summed E-state index contributed by atoms with van der Waals surface area (Å²) in [4.78, 5) is 2.58. The van der Waals surface area contributed by atoms with E-state index in [2.05, 4.69) is 22.1 Å². The summed E-state index contributed by atoms with van der Waals surface area (Å²) in [5.74, 6) is 0.766. The van der Waals surface area contributed by atoms with Crippen LogP contribution >= 0.6 is 0 Å². The van der Waals surface area contributed by atoms with Crippen molar-refractivity contribution in [3.63, 3.8) is 0 Å². The molecular formula is C18H20N2O2S. The molecule has 23 heavy (non-hydrogen) atoms. The van der Waals surface area contributed by atoms with Crippen LogP contribution in [-0.4, -0.2) is 14.1 Å². The quantitative estimate of drug-likeness (QED) is 0.675. The van der Waals surface area contributed by atoms with Gasteiger partial charge in [0, 0.05) is 11.6 Å². The van der Waals surface area contributed by atoms with Crippen LogP contribution in [0.5, 0.6) is 0 Å². The number of benzene rings is 2. The van der Waals surface area contributed by atoms with Crippen molar-refractivity contribution in [3.8, 4) is 0 Å². The predicted molar refractivity (Wildman–Crippen MR) is 91.9 cm³/mol. The molecule has 0 aromatic heterocycles. The van der Waals surface area contributed by atoms with Crippen molar-refractivity contribution >= 4 is 15.7 Å². The first-order valence-corrected chi connectivity index (χ1v) is 9.13. The van der Waals surface area contributed by atoms with E-state index in [9.17, 15) is 8.42 Å². The molecule has 1 aliphatic carbocycles. The zero-order chi connectivity index (χ0) is 16.4. The number of nitrogens with one attached hydrogen (secondary N) is 1. The number of rotatable bonds is 5. The standard InChI is InChI=1S/C18H20N2O2S/c1-13-8-10-16(11-9-13)23(21,22)20-19-14(2)17-12-18(17)15-6-4-3-5-7-15/h3-11,17-18,20H,12H2,1-2H3/b19-14-/t17-,18-/m1/s1. The Kier molecular flexibility index (Phi) is 4.22. The van der Waals surface area contributed by atoms with E-state index in [-0.39, 0.29) is 4.90 Å². The van der Waals surface area contributed by atoms with Crippen LogP contribution in [0.25, 0.3) is 0 Å². The van der Waals surface area contributed by atoms with Gasteiger partial charge in [-0.3, -0.25) is 0 Å². The summed E-state index contributed by atoms with van der Waals surface area (Å²) in [6, 6.07) is 17.0. The predicted octanol–water partition coefficient (Wildman–Crippen LogP) is 3.45. The molecule has 3 rings (SSSR count). The third-order valence-corrected chi connectivity index (χ3v) is 5.45. The largest absolute Gasteiger partial charge is 0.276 e. The first-order valence-electron chi connectivity index (χ1n) is 7.65. The molecule has 0 heterocycles. The SMILES string of the molecule is C/C(=N/NS(=O)(=O)c1ccc(C)cc1)[C@H]1C[C@@H]1c1ccccc1. The number of hydrazone groups is 1. The van der Waals surface area contributed by atoms with E-state index in [4.69, 9.17) is 0 Å². The molecule has 2 aromatic rings. The maximum absolute atomic E-state index is 12.2. The summed E-state index contributed by atoms with van der Waals surface area (Å²) >= 11 is 0. The van der Waals surface area contributed by atoms with E-state index in [1.807, 2.05) is 32.0 Å². The Bertz CT molecular complexity index is 812. The maximum atomic E-state index is 12.2. The smallest absolute Gasteiger partial charge is 0.200 e. The Morgan fingerprint density at radius 2 is 1.74 bits per heavy atom. The maximum Gasteiger partial charge on any atom is 0.276 e. The number of hydrogen-bond acceptors (Lipinski definition) is 3. The highest BCUT2D eigenvalue weighted by Gasteiger charge is 2.40. The van der Waals surface area contributed by atoms with Gasteiger partial charge in [-0.2, -0.15) is 13.5 Å². The van der Waals surface area contributed by atoms with Gasteiger partial charge in [-0.1, -0.05) is 48.0 Å². The van der Waals surface area contributed by atoms with E-state index in [1.165, 1.54) is 5.56 Å². The molecule has 1 aliphatic rings. The first kappa shape index (κ1) is 15.7. The summed E-state index contributed by atoms with van der Waals surface area (Å²) in [6.07, 6.45) is 1.02. The zero-order valence-corrected chi connectivity index (χ0v) is 14.0. The van der Waals surface area contributed by atoms with Crippen LogP contribution in [0.15, 0.2) is 64.6 Å². The minimum Gasteiger partial charge on any atom is -0.200 e. The van der Waals surface area contributed by atoms with Crippen LogP contribution in [0.1, 0.15) is 30.4 Å². The number of nitrogens with zero attached hydrogens (tertiary/aromatic N) is 1. The molecule has 0 saturated heterocycles. The molecule has 2 atom stereocenters. The lowest BCUT2D eigenvalue weighted by atomic mass is 10.1. The monoisotopic (exact) mass is 328 g/mol. The fourth-order valence-electron chi connectivity index (χ4n) is 2.71. The fraction of sp³-hybridized carbons (Fsp3) is 0.278. The second kappa shape index (κ2) is 6.16. The lowest BCUT2D eigenvalue weighted by Gasteiger charge is -2.06. The summed E-state index contributed by atoms with van der Waals surface area (Å²) < 4.78 is 24.4. The Morgan fingerprint density at radius 3 is 2.39 bits per heavy atom. The van der Waals surface area contributed by atoms with E-state index in [0.29, 0.717) is 11.8 Å². The van der Waals surface area contributed by atoms with Gasteiger partial charge in [0.05, 0.1) is 4.90 Å². The first-order chi connectivity index (χ1) is 11.0. The Hall–Kier alpha value is -2.14. The van der Waals surface area contributed by atoms with Gasteiger partial charge in [0.1, 0.15) is 0 Å². The van der Waals surface area contributed by atoms with Crippen LogP contribution < -0.4 is 4.83 Å². The van der Waals surface area contributed by atoms with Gasteiger partial charge < -0.3 is 0 Å². The van der Waals surface area contributed by atoms with Gasteiger partial charge >= 0.3 is 0 Å². The summed E-state index contributed by atoms with van der Waals surface area (Å²) in [5.41, 5.74) is 3.13. The van der Waals surface area contributed by atoms with E-state index in [0.717, 1.165) is 17.7 Å². The molecule has 0 aliphatic heterocycles. The summed E-state index contributed by atoms with van der Waals surface area (Å²) in [6.45, 7) is 3.80. The highest BCUT2D eigenvalue weighted by Crippen LogP contribution is 2.48. The lowest BCUT2D eigenvalue weighted by Crippen LogP contribution is -2.20. The van der Waals surface area contributed by atoms with Crippen molar-refractivity contribution in [1.82, 2.24) is 4.83 Å². The average Bonchev–Trinajstić information content (AvgIpc) is 3.35. The van der Waals surface area contributed by atoms with Crippen molar-refractivity contribution in [2.45, 2.75) is 31.1 Å². The molecular weight excluding hydrogens is 308 g/mol. The lowest BCUT2D eigenvalue weighted by molar-refractivity contribution is 0.584. The van der Waals surface area contributed by atoms with Crippen LogP contribution in [0.3, 0.4) is 0 Å². The van der Waals surface area contributed by atoms with Crippen molar-refractivity contribution < 1.29 is 8.42 Å². The van der Waals surface area contributed by atoms with Crippen molar-refractivity contribution in [2.75, 3.05) is 0 Å². The number of sulfonamides is 1. The average molecular weight is 328 g/mol. The van der Waals surface area contributed by atoms with Crippen molar-refractivity contribution in [3.05, 3.63) is 65.7 Å². The van der Waals surface area contributed by atoms with Gasteiger partial charge in [0.15, 0.2) is 0 Å². The molecule has 0 spiro atoms. The van der Waals surface area contributed by atoms with Crippen LogP contribution in [-0.2, 0) is 10.0 Å². The topological polar surface area (TPSA) is 58.5 Å². The van der Waals surface area contributed by atoms with E-state index < -0.39 is 10.0 Å². The molecule has 1 N–H and O–H groups in total. The summed E-state index contributed by atoms with van der Waals surface area (Å²) in [5, 5.41) is 4.11. The molecule has 2 aromatic carbocycles. The van der Waals surface area contributed by atoms with Gasteiger partial charge in [0.25, 0.3) is 10.0 Å². The van der Waals surface area contributed by atoms with Crippen LogP contribution in [0, 0.1) is 12.8 Å². The molecule has 0 radical (unpaired) electrons. The second-order valence-corrected chi connectivity index (χ2v) is 7.68. The molecule has 120 valence electrons. The van der Waals surface area contributed by atoms with Gasteiger partial charge in [-0.05, 0) is 43.9 Å². The highest BCUT2D eigenvalue weighted by atomic mass is 32.2. The van der Waals surface area contributed by atoms with Crippen LogP contribution in [0.4, 0.5) is 0 Å². The Balaban J connectivity index is 1.67. The van der Waals surface area contributed by atoms with Crippen molar-refractivity contribution in [2.24, 2.45) is 11.0 Å².